The number of carbonyl (C=O) groups excluding carboxylic acids is 3. The van der Waals surface area contributed by atoms with E-state index in [9.17, 15) is 14.4 Å². The molecule has 1 aromatic carbocycles. The third-order valence-electron chi connectivity index (χ3n) is 3.73. The molecular formula is C19H22N2O4S. The summed E-state index contributed by atoms with van der Waals surface area (Å²) in [7, 11) is 1.49. The first-order valence-electron chi connectivity index (χ1n) is 8.11. The van der Waals surface area contributed by atoms with Gasteiger partial charge in [0.05, 0.1) is 12.1 Å². The van der Waals surface area contributed by atoms with Crippen molar-refractivity contribution in [1.29, 1.82) is 0 Å². The lowest BCUT2D eigenvalue weighted by molar-refractivity contribution is -0.136. The molecular weight excluding hydrogens is 352 g/mol. The molecule has 138 valence electrons. The van der Waals surface area contributed by atoms with E-state index in [0.29, 0.717) is 11.3 Å². The van der Waals surface area contributed by atoms with Crippen LogP contribution < -0.4 is 5.32 Å². The summed E-state index contributed by atoms with van der Waals surface area (Å²) >= 11 is 1.50. The van der Waals surface area contributed by atoms with Crippen LogP contribution in [0.25, 0.3) is 0 Å². The summed E-state index contributed by atoms with van der Waals surface area (Å²) in [6.07, 6.45) is 0. The van der Waals surface area contributed by atoms with Gasteiger partial charge in [-0.15, -0.1) is 11.3 Å². The average Bonchev–Trinajstić information content (AvgIpc) is 2.92. The Hall–Kier alpha value is -2.67. The number of likely N-dealkylation sites (N-methyl/N-ethyl adjacent to an activating group) is 1. The van der Waals surface area contributed by atoms with Gasteiger partial charge in [-0.25, -0.2) is 4.79 Å². The molecule has 6 nitrogen and oxygen atoms in total. The lowest BCUT2D eigenvalue weighted by Gasteiger charge is -2.16. The van der Waals surface area contributed by atoms with Gasteiger partial charge in [-0.2, -0.15) is 0 Å². The number of nitrogens with zero attached hydrogens (tertiary/aromatic N) is 1. The molecule has 0 atom stereocenters. The summed E-state index contributed by atoms with van der Waals surface area (Å²) in [6, 6.07) is 9.10. The molecule has 0 saturated carbocycles. The zero-order valence-corrected chi connectivity index (χ0v) is 16.1. The van der Waals surface area contributed by atoms with E-state index in [1.165, 1.54) is 23.3 Å². The number of benzene rings is 1. The molecule has 0 spiro atoms. The Labute approximate surface area is 156 Å². The minimum absolute atomic E-state index is 0.124. The fraction of sp³-hybridized carbons (Fsp3) is 0.316. The van der Waals surface area contributed by atoms with Crippen LogP contribution in [0.4, 0.5) is 5.69 Å². The highest BCUT2D eigenvalue weighted by Gasteiger charge is 2.18. The van der Waals surface area contributed by atoms with Crippen molar-refractivity contribution in [1.82, 2.24) is 4.90 Å². The van der Waals surface area contributed by atoms with E-state index in [2.05, 4.69) is 5.32 Å². The largest absolute Gasteiger partial charge is 0.452 e. The van der Waals surface area contributed by atoms with Crippen molar-refractivity contribution in [2.75, 3.05) is 25.5 Å². The second kappa shape index (κ2) is 8.62. The predicted molar refractivity (Wildman–Crippen MR) is 102 cm³/mol. The van der Waals surface area contributed by atoms with Gasteiger partial charge >= 0.3 is 5.97 Å². The van der Waals surface area contributed by atoms with E-state index in [1.54, 1.807) is 18.2 Å². The molecule has 2 rings (SSSR count). The van der Waals surface area contributed by atoms with Crippen molar-refractivity contribution in [3.63, 3.8) is 0 Å². The lowest BCUT2D eigenvalue weighted by Crippen LogP contribution is -2.37. The van der Waals surface area contributed by atoms with Crippen LogP contribution in [0.5, 0.6) is 0 Å². The molecule has 26 heavy (non-hydrogen) atoms. The number of ether oxygens (including phenoxy) is 1. The Bertz CT molecular complexity index is 811. The van der Waals surface area contributed by atoms with Crippen molar-refractivity contribution in [2.24, 2.45) is 0 Å². The molecule has 0 saturated heterocycles. The molecule has 0 aliphatic heterocycles. The first kappa shape index (κ1) is 19.7. The monoisotopic (exact) mass is 374 g/mol. The standard InChI is InChI=1S/C19H22N2O4S/c1-12-5-7-15(8-6-12)20-17(22)10-21(4)18(23)11-25-19(24)16-9-13(2)26-14(16)3/h5-9H,10-11H2,1-4H3,(H,20,22). The van der Waals surface area contributed by atoms with Gasteiger partial charge in [0.15, 0.2) is 6.61 Å². The minimum Gasteiger partial charge on any atom is -0.452 e. The van der Waals surface area contributed by atoms with Gasteiger partial charge in [0.1, 0.15) is 0 Å². The highest BCUT2D eigenvalue weighted by molar-refractivity contribution is 7.12. The maximum atomic E-state index is 12.1. The number of rotatable bonds is 6. The SMILES string of the molecule is Cc1ccc(NC(=O)CN(C)C(=O)COC(=O)c2cc(C)sc2C)cc1. The van der Waals surface area contributed by atoms with Crippen LogP contribution in [0, 0.1) is 20.8 Å². The van der Waals surface area contributed by atoms with E-state index in [1.807, 2.05) is 32.9 Å². The number of hydrogen-bond acceptors (Lipinski definition) is 5. The maximum Gasteiger partial charge on any atom is 0.339 e. The summed E-state index contributed by atoms with van der Waals surface area (Å²) in [5.41, 5.74) is 2.23. The van der Waals surface area contributed by atoms with E-state index in [-0.39, 0.29) is 12.5 Å². The Balaban J connectivity index is 1.81. The molecule has 0 unspecified atom stereocenters. The summed E-state index contributed by atoms with van der Waals surface area (Å²) in [4.78, 5) is 39.2. The van der Waals surface area contributed by atoms with Gasteiger partial charge < -0.3 is 15.0 Å². The number of nitrogens with one attached hydrogen (secondary N) is 1. The van der Waals surface area contributed by atoms with E-state index in [0.717, 1.165) is 15.3 Å². The Kier molecular flexibility index (Phi) is 6.52. The molecule has 0 aliphatic rings. The number of carbonyl (C=O) groups is 3. The summed E-state index contributed by atoms with van der Waals surface area (Å²) in [5.74, 6) is -1.29. The van der Waals surface area contributed by atoms with E-state index >= 15 is 0 Å². The minimum atomic E-state index is -0.530. The molecule has 0 fully saturated rings. The molecule has 2 amide bonds. The maximum absolute atomic E-state index is 12.1. The van der Waals surface area contributed by atoms with Gasteiger partial charge in [0.25, 0.3) is 5.91 Å². The predicted octanol–water partition coefficient (Wildman–Crippen LogP) is 2.93. The normalized spacial score (nSPS) is 10.3. The molecule has 0 radical (unpaired) electrons. The Morgan fingerprint density at radius 2 is 1.77 bits per heavy atom. The lowest BCUT2D eigenvalue weighted by atomic mass is 10.2. The molecule has 1 aromatic heterocycles. The number of thiophene rings is 1. The molecule has 1 N–H and O–H groups in total. The van der Waals surface area contributed by atoms with Crippen molar-refractivity contribution in [3.8, 4) is 0 Å². The highest BCUT2D eigenvalue weighted by atomic mass is 32.1. The summed E-state index contributed by atoms with van der Waals surface area (Å²) in [5, 5.41) is 2.72. The highest BCUT2D eigenvalue weighted by Crippen LogP contribution is 2.21. The summed E-state index contributed by atoms with van der Waals surface area (Å²) in [6.45, 7) is 5.16. The number of esters is 1. The van der Waals surface area contributed by atoms with Gasteiger partial charge in [-0.3, -0.25) is 9.59 Å². The molecule has 0 bridgehead atoms. The van der Waals surface area contributed by atoms with Crippen LogP contribution in [-0.4, -0.2) is 42.9 Å². The summed E-state index contributed by atoms with van der Waals surface area (Å²) < 4.78 is 5.06. The fourth-order valence-corrected chi connectivity index (χ4v) is 3.20. The van der Waals surface area contributed by atoms with Crippen LogP contribution >= 0.6 is 11.3 Å². The second-order valence-electron chi connectivity index (χ2n) is 6.07. The quantitative estimate of drug-likeness (QED) is 0.789. The smallest absolute Gasteiger partial charge is 0.339 e. The van der Waals surface area contributed by atoms with E-state index in [4.69, 9.17) is 4.74 Å². The Morgan fingerprint density at radius 1 is 1.12 bits per heavy atom. The first-order chi connectivity index (χ1) is 12.3. The van der Waals surface area contributed by atoms with Crippen molar-refractivity contribution in [3.05, 3.63) is 51.2 Å². The fourth-order valence-electron chi connectivity index (χ4n) is 2.29. The molecule has 1 heterocycles. The van der Waals surface area contributed by atoms with E-state index < -0.39 is 18.5 Å². The van der Waals surface area contributed by atoms with Gasteiger partial charge in [0.2, 0.25) is 5.91 Å². The van der Waals surface area contributed by atoms with Crippen molar-refractivity contribution in [2.45, 2.75) is 20.8 Å². The van der Waals surface area contributed by atoms with Crippen molar-refractivity contribution >= 4 is 34.8 Å². The zero-order valence-electron chi connectivity index (χ0n) is 15.3. The number of hydrogen-bond donors (Lipinski definition) is 1. The third kappa shape index (κ3) is 5.42. The Morgan fingerprint density at radius 3 is 2.35 bits per heavy atom. The molecule has 0 aliphatic carbocycles. The molecule has 7 heteroatoms. The zero-order chi connectivity index (χ0) is 19.3. The topological polar surface area (TPSA) is 75.7 Å². The van der Waals surface area contributed by atoms with Gasteiger partial charge in [-0.1, -0.05) is 17.7 Å². The first-order valence-corrected chi connectivity index (χ1v) is 8.92. The second-order valence-corrected chi connectivity index (χ2v) is 7.53. The van der Waals surface area contributed by atoms with Gasteiger partial charge in [-0.05, 0) is 39.0 Å². The van der Waals surface area contributed by atoms with Crippen LogP contribution in [0.1, 0.15) is 25.7 Å². The van der Waals surface area contributed by atoms with Crippen molar-refractivity contribution < 1.29 is 19.1 Å². The van der Waals surface area contributed by atoms with Crippen LogP contribution in [0.2, 0.25) is 0 Å². The third-order valence-corrected chi connectivity index (χ3v) is 4.70. The van der Waals surface area contributed by atoms with Crippen LogP contribution in [0.15, 0.2) is 30.3 Å². The number of anilines is 1. The number of amides is 2. The molecule has 2 aromatic rings. The van der Waals surface area contributed by atoms with Crippen LogP contribution in [-0.2, 0) is 14.3 Å². The van der Waals surface area contributed by atoms with Gasteiger partial charge in [0, 0.05) is 22.5 Å². The van der Waals surface area contributed by atoms with Crippen LogP contribution in [0.3, 0.4) is 0 Å². The number of aryl methyl sites for hydroxylation is 3. The average molecular weight is 374 g/mol.